The van der Waals surface area contributed by atoms with Crippen LogP contribution in [0.3, 0.4) is 0 Å². The van der Waals surface area contributed by atoms with Crippen molar-refractivity contribution in [2.24, 2.45) is 0 Å². The first-order valence-electron chi connectivity index (χ1n) is 5.45. The van der Waals surface area contributed by atoms with E-state index in [2.05, 4.69) is 51.5 Å². The zero-order chi connectivity index (χ0) is 11.8. The molecule has 5 heteroatoms. The second-order valence-corrected chi connectivity index (χ2v) is 4.15. The van der Waals surface area contributed by atoms with Gasteiger partial charge in [0.2, 0.25) is 5.95 Å². The average molecular weight is 227 g/mol. The molecule has 3 rings (SSSR count). The van der Waals surface area contributed by atoms with Gasteiger partial charge >= 0.3 is 0 Å². The van der Waals surface area contributed by atoms with Gasteiger partial charge in [0.15, 0.2) is 0 Å². The number of hydrogen-bond acceptors (Lipinski definition) is 3. The van der Waals surface area contributed by atoms with Crippen LogP contribution in [-0.2, 0) is 0 Å². The summed E-state index contributed by atoms with van der Waals surface area (Å²) in [6, 6.07) is 4.19. The Kier molecular flexibility index (Phi) is 2.11. The molecule has 0 radical (unpaired) electrons. The molecule has 0 aliphatic heterocycles. The molecule has 0 unspecified atom stereocenters. The smallest absolute Gasteiger partial charge is 0.205 e. The van der Waals surface area contributed by atoms with Crippen molar-refractivity contribution in [3.63, 3.8) is 0 Å². The molecule has 0 aliphatic rings. The van der Waals surface area contributed by atoms with E-state index in [-0.39, 0.29) is 0 Å². The molecule has 5 nitrogen and oxygen atoms in total. The summed E-state index contributed by atoms with van der Waals surface area (Å²) in [4.78, 5) is 7.72. The molecule has 0 amide bonds. The van der Waals surface area contributed by atoms with Gasteiger partial charge in [-0.15, -0.1) is 0 Å². The van der Waals surface area contributed by atoms with Gasteiger partial charge in [-0.1, -0.05) is 0 Å². The highest BCUT2D eigenvalue weighted by Gasteiger charge is 2.05. The number of aromatic nitrogens is 4. The van der Waals surface area contributed by atoms with Crippen LogP contribution in [0.5, 0.6) is 0 Å². The van der Waals surface area contributed by atoms with Crippen molar-refractivity contribution in [1.82, 2.24) is 20.2 Å². The lowest BCUT2D eigenvalue weighted by Crippen LogP contribution is -1.89. The molecule has 2 heterocycles. The maximum atomic E-state index is 4.48. The third-order valence-electron chi connectivity index (χ3n) is 2.86. The molecule has 0 atom stereocenters. The predicted octanol–water partition coefficient (Wildman–Crippen LogP) is 2.65. The summed E-state index contributed by atoms with van der Waals surface area (Å²) in [5.41, 5.74) is 5.41. The van der Waals surface area contributed by atoms with E-state index in [4.69, 9.17) is 0 Å². The summed E-state index contributed by atoms with van der Waals surface area (Å²) >= 11 is 0. The van der Waals surface area contributed by atoms with Crippen molar-refractivity contribution < 1.29 is 0 Å². The molecule has 0 spiro atoms. The largest absolute Gasteiger partial charge is 0.324 e. The van der Waals surface area contributed by atoms with Gasteiger partial charge in [-0.3, -0.25) is 5.10 Å². The van der Waals surface area contributed by atoms with Crippen molar-refractivity contribution in [2.75, 3.05) is 5.32 Å². The number of nitrogens with one attached hydrogen (secondary N) is 3. The Bertz CT molecular complexity index is 612. The van der Waals surface area contributed by atoms with E-state index in [9.17, 15) is 0 Å². The lowest BCUT2D eigenvalue weighted by molar-refractivity contribution is 1.09. The molecule has 0 saturated carbocycles. The van der Waals surface area contributed by atoms with Crippen LogP contribution < -0.4 is 5.32 Å². The Balaban J connectivity index is 2.02. The summed E-state index contributed by atoms with van der Waals surface area (Å²) in [5, 5.41) is 9.77. The summed E-state index contributed by atoms with van der Waals surface area (Å²) in [7, 11) is 0. The highest BCUT2D eigenvalue weighted by Crippen LogP contribution is 2.20. The Morgan fingerprint density at radius 1 is 1.18 bits per heavy atom. The summed E-state index contributed by atoms with van der Waals surface area (Å²) < 4.78 is 0. The number of hydrogen-bond donors (Lipinski definition) is 3. The molecular formula is C12H13N5. The standard InChI is InChI=1S/C12H13N5/c1-7-3-10-11(4-8(7)2)17-12(16-10)15-9-5-13-14-6-9/h3-6H,1-2H3,(H,13,14)(H2,15,16,17). The highest BCUT2D eigenvalue weighted by atomic mass is 15.2. The second kappa shape index (κ2) is 3.62. The second-order valence-electron chi connectivity index (χ2n) is 4.15. The van der Waals surface area contributed by atoms with E-state index in [0.29, 0.717) is 0 Å². The predicted molar refractivity (Wildman–Crippen MR) is 67.4 cm³/mol. The first kappa shape index (κ1) is 9.89. The molecule has 3 N–H and O–H groups in total. The van der Waals surface area contributed by atoms with E-state index in [1.54, 1.807) is 12.4 Å². The first-order valence-corrected chi connectivity index (χ1v) is 5.45. The van der Waals surface area contributed by atoms with Gasteiger partial charge in [0.25, 0.3) is 0 Å². The third-order valence-corrected chi connectivity index (χ3v) is 2.86. The first-order chi connectivity index (χ1) is 8.22. The minimum absolute atomic E-state index is 0.728. The van der Waals surface area contributed by atoms with Crippen LogP contribution >= 0.6 is 0 Å². The quantitative estimate of drug-likeness (QED) is 0.630. The van der Waals surface area contributed by atoms with Crippen molar-refractivity contribution in [2.45, 2.75) is 13.8 Å². The molecule has 2 aromatic heterocycles. The van der Waals surface area contributed by atoms with Gasteiger partial charge in [-0.05, 0) is 37.1 Å². The Morgan fingerprint density at radius 2 is 2.00 bits per heavy atom. The van der Waals surface area contributed by atoms with Crippen LogP contribution in [0.4, 0.5) is 11.6 Å². The number of rotatable bonds is 2. The van der Waals surface area contributed by atoms with E-state index < -0.39 is 0 Å². The van der Waals surface area contributed by atoms with Crippen molar-refractivity contribution in [3.8, 4) is 0 Å². The summed E-state index contributed by atoms with van der Waals surface area (Å²) in [5.74, 6) is 0.728. The van der Waals surface area contributed by atoms with Crippen LogP contribution in [0.15, 0.2) is 24.5 Å². The fourth-order valence-corrected chi connectivity index (χ4v) is 1.78. The molecule has 0 bridgehead atoms. The number of H-pyrrole nitrogens is 2. The minimum atomic E-state index is 0.728. The Labute approximate surface area is 98.3 Å². The number of fused-ring (bicyclic) bond motifs is 1. The highest BCUT2D eigenvalue weighted by molar-refractivity contribution is 5.80. The van der Waals surface area contributed by atoms with E-state index in [1.807, 2.05) is 0 Å². The van der Waals surface area contributed by atoms with Crippen molar-refractivity contribution >= 4 is 22.7 Å². The van der Waals surface area contributed by atoms with Crippen LogP contribution in [0.25, 0.3) is 11.0 Å². The summed E-state index contributed by atoms with van der Waals surface area (Å²) in [6.45, 7) is 4.19. The lowest BCUT2D eigenvalue weighted by atomic mass is 10.1. The number of aryl methyl sites for hydroxylation is 2. The SMILES string of the molecule is Cc1cc2nc(Nc3cn[nH]c3)[nH]c2cc1C. The minimum Gasteiger partial charge on any atom is -0.324 e. The topological polar surface area (TPSA) is 69.4 Å². The molecule has 0 saturated heterocycles. The van der Waals surface area contributed by atoms with Crippen LogP contribution in [0, 0.1) is 13.8 Å². The van der Waals surface area contributed by atoms with Gasteiger partial charge in [0, 0.05) is 6.20 Å². The third kappa shape index (κ3) is 1.75. The maximum Gasteiger partial charge on any atom is 0.205 e. The van der Waals surface area contributed by atoms with Gasteiger partial charge in [0.05, 0.1) is 22.9 Å². The normalized spacial score (nSPS) is 10.9. The molecule has 1 aromatic carbocycles. The van der Waals surface area contributed by atoms with Crippen molar-refractivity contribution in [3.05, 3.63) is 35.7 Å². The van der Waals surface area contributed by atoms with Gasteiger partial charge in [0.1, 0.15) is 0 Å². The molecule has 0 aliphatic carbocycles. The average Bonchev–Trinajstić information content (AvgIpc) is 2.89. The van der Waals surface area contributed by atoms with Gasteiger partial charge in [-0.25, -0.2) is 4.98 Å². The fraction of sp³-hybridized carbons (Fsp3) is 0.167. The molecule has 17 heavy (non-hydrogen) atoms. The Morgan fingerprint density at radius 3 is 2.76 bits per heavy atom. The van der Waals surface area contributed by atoms with E-state index in [1.165, 1.54) is 11.1 Å². The number of benzene rings is 1. The zero-order valence-corrected chi connectivity index (χ0v) is 9.70. The van der Waals surface area contributed by atoms with Gasteiger partial charge < -0.3 is 10.3 Å². The lowest BCUT2D eigenvalue weighted by Gasteiger charge is -1.97. The van der Waals surface area contributed by atoms with E-state index in [0.717, 1.165) is 22.7 Å². The van der Waals surface area contributed by atoms with Gasteiger partial charge in [-0.2, -0.15) is 5.10 Å². The molecule has 0 fully saturated rings. The molecular weight excluding hydrogens is 214 g/mol. The number of nitrogens with zero attached hydrogens (tertiary/aromatic N) is 2. The summed E-state index contributed by atoms with van der Waals surface area (Å²) in [6.07, 6.45) is 3.49. The van der Waals surface area contributed by atoms with Crippen LogP contribution in [0.1, 0.15) is 11.1 Å². The number of anilines is 2. The maximum absolute atomic E-state index is 4.48. The number of aromatic amines is 2. The fourth-order valence-electron chi connectivity index (χ4n) is 1.78. The molecule has 86 valence electrons. The monoisotopic (exact) mass is 227 g/mol. The Hall–Kier alpha value is -2.30. The van der Waals surface area contributed by atoms with E-state index >= 15 is 0 Å². The molecule has 3 aromatic rings. The number of imidazole rings is 1. The van der Waals surface area contributed by atoms with Crippen LogP contribution in [0.2, 0.25) is 0 Å². The van der Waals surface area contributed by atoms with Crippen molar-refractivity contribution in [1.29, 1.82) is 0 Å². The van der Waals surface area contributed by atoms with Crippen LogP contribution in [-0.4, -0.2) is 20.2 Å². The zero-order valence-electron chi connectivity index (χ0n) is 9.70.